The Morgan fingerprint density at radius 3 is 2.24 bits per heavy atom. The smallest absolute Gasteiger partial charge is 0.282 e. The van der Waals surface area contributed by atoms with Crippen molar-refractivity contribution in [1.82, 2.24) is 0 Å². The van der Waals surface area contributed by atoms with E-state index in [4.69, 9.17) is 0 Å². The fourth-order valence-corrected chi connectivity index (χ4v) is 3.96. The number of aliphatic imine (C=N–C) groups is 2. The van der Waals surface area contributed by atoms with Gasteiger partial charge in [-0.1, -0.05) is 43.0 Å². The van der Waals surface area contributed by atoms with Crippen LogP contribution in [0, 0.1) is 0 Å². The molecule has 3 rings (SSSR count). The molecule has 1 aromatic heterocycles. The van der Waals surface area contributed by atoms with Gasteiger partial charge in [0.2, 0.25) is 0 Å². The van der Waals surface area contributed by atoms with Gasteiger partial charge >= 0.3 is 0 Å². The second-order valence-corrected chi connectivity index (χ2v) is 8.52. The van der Waals surface area contributed by atoms with Crippen LogP contribution in [-0.4, -0.2) is 25.9 Å². The molecule has 0 fully saturated rings. The molecule has 0 saturated carbocycles. The van der Waals surface area contributed by atoms with Crippen molar-refractivity contribution in [2.45, 2.75) is 4.90 Å². The van der Waals surface area contributed by atoms with Crippen molar-refractivity contribution >= 4 is 64.0 Å². The molecule has 0 atom stereocenters. The van der Waals surface area contributed by atoms with Crippen LogP contribution in [0.15, 0.2) is 76.1 Å². The van der Waals surface area contributed by atoms with Crippen molar-refractivity contribution in [3.63, 3.8) is 0 Å². The molecule has 0 saturated heterocycles. The van der Waals surface area contributed by atoms with E-state index >= 15 is 0 Å². The summed E-state index contributed by atoms with van der Waals surface area (Å²) in [5, 5.41) is 0. The first-order valence-electron chi connectivity index (χ1n) is 8.52. The highest BCUT2D eigenvalue weighted by atomic mass is 32.2. The van der Waals surface area contributed by atoms with Crippen molar-refractivity contribution in [2.24, 2.45) is 9.98 Å². The number of thiophene rings is 1. The SMILES string of the molecule is C=Cc1ccc(C=Nc2ccc(/C=C/c3ccc(N=C)cc3S(=O)(=O)O)cc2)s1. The van der Waals surface area contributed by atoms with Crippen molar-refractivity contribution in [3.05, 3.63) is 82.1 Å². The Bertz CT molecular complexity index is 1210. The number of hydrogen-bond acceptors (Lipinski definition) is 5. The summed E-state index contributed by atoms with van der Waals surface area (Å²) in [5.41, 5.74) is 2.39. The predicted octanol–water partition coefficient (Wildman–Crippen LogP) is 5.89. The molecule has 0 aliphatic rings. The molecule has 3 aromatic rings. The van der Waals surface area contributed by atoms with Crippen LogP contribution in [0.25, 0.3) is 18.2 Å². The third kappa shape index (κ3) is 5.45. The zero-order chi connectivity index (χ0) is 20.9. The molecule has 1 N–H and O–H groups in total. The van der Waals surface area contributed by atoms with Gasteiger partial charge in [0.15, 0.2) is 0 Å². The molecular formula is C22H18N2O3S2. The molecule has 0 bridgehead atoms. The second-order valence-electron chi connectivity index (χ2n) is 5.98. The van der Waals surface area contributed by atoms with E-state index in [2.05, 4.69) is 23.3 Å². The summed E-state index contributed by atoms with van der Waals surface area (Å²) in [7, 11) is -4.37. The largest absolute Gasteiger partial charge is 0.295 e. The van der Waals surface area contributed by atoms with Gasteiger partial charge in [0.1, 0.15) is 4.90 Å². The van der Waals surface area contributed by atoms with Gasteiger partial charge < -0.3 is 0 Å². The standard InChI is InChI=1S/C22H18N2O3S2/c1-3-20-12-13-21(28-20)15-24-18-9-5-16(6-10-18)4-7-17-8-11-19(23-2)14-22(17)29(25,26)27/h3-15H,1-2H2,(H,25,26,27)/b7-4+,24-15?. The minimum absolute atomic E-state index is 0.213. The molecule has 0 aliphatic heterocycles. The molecule has 146 valence electrons. The summed E-state index contributed by atoms with van der Waals surface area (Å²) in [6, 6.07) is 15.9. The summed E-state index contributed by atoms with van der Waals surface area (Å²) in [4.78, 5) is 10.1. The predicted molar refractivity (Wildman–Crippen MR) is 122 cm³/mol. The highest BCUT2D eigenvalue weighted by Gasteiger charge is 2.14. The normalized spacial score (nSPS) is 11.9. The number of hydrogen-bond donors (Lipinski definition) is 1. The monoisotopic (exact) mass is 422 g/mol. The van der Waals surface area contributed by atoms with Crippen LogP contribution < -0.4 is 0 Å². The average molecular weight is 423 g/mol. The van der Waals surface area contributed by atoms with Crippen LogP contribution >= 0.6 is 11.3 Å². The first-order chi connectivity index (χ1) is 13.9. The van der Waals surface area contributed by atoms with E-state index in [-0.39, 0.29) is 4.90 Å². The Hall–Kier alpha value is -3.13. The van der Waals surface area contributed by atoms with Crippen molar-refractivity contribution in [3.8, 4) is 0 Å². The van der Waals surface area contributed by atoms with E-state index in [1.54, 1.807) is 47.9 Å². The maximum Gasteiger partial charge on any atom is 0.295 e. The van der Waals surface area contributed by atoms with E-state index in [0.29, 0.717) is 11.3 Å². The van der Waals surface area contributed by atoms with E-state index in [1.807, 2.05) is 36.4 Å². The van der Waals surface area contributed by atoms with Crippen molar-refractivity contribution in [1.29, 1.82) is 0 Å². The summed E-state index contributed by atoms with van der Waals surface area (Å²) in [6.07, 6.45) is 6.99. The Labute approximate surface area is 173 Å². The molecule has 0 amide bonds. The Kier molecular flexibility index (Phi) is 6.33. The molecular weight excluding hydrogens is 404 g/mol. The minimum atomic E-state index is -4.37. The summed E-state index contributed by atoms with van der Waals surface area (Å²) < 4.78 is 32.7. The molecule has 1 heterocycles. The highest BCUT2D eigenvalue weighted by molar-refractivity contribution is 7.86. The number of benzene rings is 2. The molecule has 0 unspecified atom stereocenters. The average Bonchev–Trinajstić information content (AvgIpc) is 3.19. The van der Waals surface area contributed by atoms with Crippen LogP contribution in [0.1, 0.15) is 20.9 Å². The van der Waals surface area contributed by atoms with Crippen molar-refractivity contribution in [2.75, 3.05) is 0 Å². The van der Waals surface area contributed by atoms with Crippen LogP contribution in [0.4, 0.5) is 11.4 Å². The van der Waals surface area contributed by atoms with E-state index in [0.717, 1.165) is 21.0 Å². The summed E-state index contributed by atoms with van der Waals surface area (Å²) in [5.74, 6) is 0. The topological polar surface area (TPSA) is 79.1 Å². The van der Waals surface area contributed by atoms with Gasteiger partial charge in [0, 0.05) is 16.0 Å². The van der Waals surface area contributed by atoms with Gasteiger partial charge in [-0.2, -0.15) is 8.42 Å². The summed E-state index contributed by atoms with van der Waals surface area (Å²) in [6.45, 7) is 7.11. The first-order valence-corrected chi connectivity index (χ1v) is 10.8. The molecule has 0 aliphatic carbocycles. The fourth-order valence-electron chi connectivity index (χ4n) is 2.53. The van der Waals surface area contributed by atoms with Gasteiger partial charge in [0.25, 0.3) is 10.1 Å². The lowest BCUT2D eigenvalue weighted by Crippen LogP contribution is -2.00. The maximum atomic E-state index is 11.6. The van der Waals surface area contributed by atoms with Crippen LogP contribution in [0.3, 0.4) is 0 Å². The van der Waals surface area contributed by atoms with Gasteiger partial charge in [-0.25, -0.2) is 0 Å². The van der Waals surface area contributed by atoms with Gasteiger partial charge in [-0.15, -0.1) is 11.3 Å². The molecule has 0 spiro atoms. The van der Waals surface area contributed by atoms with E-state index < -0.39 is 10.1 Å². The molecule has 29 heavy (non-hydrogen) atoms. The van der Waals surface area contributed by atoms with Crippen LogP contribution in [0.5, 0.6) is 0 Å². The maximum absolute atomic E-state index is 11.6. The lowest BCUT2D eigenvalue weighted by Gasteiger charge is -2.04. The molecule has 2 aromatic carbocycles. The van der Waals surface area contributed by atoms with Gasteiger partial charge in [0.05, 0.1) is 11.4 Å². The lowest BCUT2D eigenvalue weighted by molar-refractivity contribution is 0.483. The molecule has 0 radical (unpaired) electrons. The lowest BCUT2D eigenvalue weighted by atomic mass is 10.1. The number of nitrogens with zero attached hydrogens (tertiary/aromatic N) is 2. The van der Waals surface area contributed by atoms with Crippen LogP contribution in [0.2, 0.25) is 0 Å². The minimum Gasteiger partial charge on any atom is -0.282 e. The van der Waals surface area contributed by atoms with E-state index in [1.165, 1.54) is 6.07 Å². The zero-order valence-electron chi connectivity index (χ0n) is 15.4. The molecule has 5 nitrogen and oxygen atoms in total. The quantitative estimate of drug-likeness (QED) is 0.293. The zero-order valence-corrected chi connectivity index (χ0v) is 17.0. The first kappa shape index (κ1) is 20.6. The Morgan fingerprint density at radius 1 is 0.931 bits per heavy atom. The van der Waals surface area contributed by atoms with Crippen LogP contribution in [-0.2, 0) is 10.1 Å². The highest BCUT2D eigenvalue weighted by Crippen LogP contribution is 2.24. The van der Waals surface area contributed by atoms with Gasteiger partial charge in [-0.05, 0) is 54.2 Å². The Morgan fingerprint density at radius 2 is 1.62 bits per heavy atom. The summed E-state index contributed by atoms with van der Waals surface area (Å²) >= 11 is 1.61. The van der Waals surface area contributed by atoms with Crippen molar-refractivity contribution < 1.29 is 13.0 Å². The third-order valence-electron chi connectivity index (χ3n) is 4.00. The third-order valence-corrected chi connectivity index (χ3v) is 5.92. The van der Waals surface area contributed by atoms with E-state index in [9.17, 15) is 13.0 Å². The molecule has 7 heteroatoms. The second kappa shape index (κ2) is 8.91. The number of rotatable bonds is 7. The Balaban J connectivity index is 1.78. The van der Waals surface area contributed by atoms with Gasteiger partial charge in [-0.3, -0.25) is 14.5 Å². The fraction of sp³-hybridized carbons (Fsp3) is 0.